The number of hydrogen-bond acceptors (Lipinski definition) is 5. The van der Waals surface area contributed by atoms with Crippen LogP contribution in [0.4, 0.5) is 10.5 Å². The van der Waals surface area contributed by atoms with Gasteiger partial charge in [-0.1, -0.05) is 66.7 Å². The van der Waals surface area contributed by atoms with E-state index in [-0.39, 0.29) is 19.1 Å². The van der Waals surface area contributed by atoms with E-state index >= 15 is 0 Å². The van der Waals surface area contributed by atoms with Gasteiger partial charge in [-0.3, -0.25) is 0 Å². The third kappa shape index (κ3) is 4.84. The van der Waals surface area contributed by atoms with Crippen LogP contribution in [-0.4, -0.2) is 37.6 Å². The molecular formula is C31H35BN2O4. The first-order chi connectivity index (χ1) is 18.1. The topological polar surface area (TPSA) is 82.8 Å². The molecule has 1 aliphatic heterocycles. The lowest BCUT2D eigenvalue weighted by Crippen LogP contribution is -2.41. The van der Waals surface area contributed by atoms with Crippen molar-refractivity contribution in [3.05, 3.63) is 94.5 Å². The number of nitrogens with one attached hydrogen (secondary N) is 1. The summed E-state index contributed by atoms with van der Waals surface area (Å²) in [5.41, 5.74) is 13.3. The van der Waals surface area contributed by atoms with E-state index in [9.17, 15) is 4.79 Å². The van der Waals surface area contributed by atoms with E-state index < -0.39 is 24.4 Å². The third-order valence-electron chi connectivity index (χ3n) is 8.02. The Kier molecular flexibility index (Phi) is 6.84. The summed E-state index contributed by atoms with van der Waals surface area (Å²) in [7, 11) is -0.632. The van der Waals surface area contributed by atoms with Crippen LogP contribution in [0, 0.1) is 6.92 Å². The van der Waals surface area contributed by atoms with Crippen LogP contribution in [0.25, 0.3) is 17.2 Å². The van der Waals surface area contributed by atoms with Crippen molar-refractivity contribution in [1.29, 1.82) is 0 Å². The molecule has 38 heavy (non-hydrogen) atoms. The van der Waals surface area contributed by atoms with Gasteiger partial charge < -0.3 is 25.1 Å². The molecule has 1 saturated heterocycles. The molecule has 6 nitrogen and oxygen atoms in total. The molecule has 2 aliphatic rings. The Morgan fingerprint density at radius 1 is 0.947 bits per heavy atom. The van der Waals surface area contributed by atoms with Gasteiger partial charge in [-0.2, -0.15) is 0 Å². The van der Waals surface area contributed by atoms with Gasteiger partial charge in [0, 0.05) is 18.2 Å². The lowest BCUT2D eigenvalue weighted by molar-refractivity contribution is 0.00578. The molecule has 3 aromatic carbocycles. The zero-order valence-electron chi connectivity index (χ0n) is 22.7. The normalized spacial score (nSPS) is 17.7. The van der Waals surface area contributed by atoms with E-state index in [0.29, 0.717) is 5.69 Å². The maximum absolute atomic E-state index is 12.9. The number of benzene rings is 3. The number of fused-ring (bicyclic) bond motifs is 3. The Morgan fingerprint density at radius 3 is 2.11 bits per heavy atom. The van der Waals surface area contributed by atoms with Crippen molar-refractivity contribution in [1.82, 2.24) is 5.32 Å². The van der Waals surface area contributed by atoms with E-state index in [4.69, 9.17) is 19.8 Å². The number of amides is 1. The molecule has 196 valence electrons. The minimum Gasteiger partial charge on any atom is -0.449 e. The van der Waals surface area contributed by atoms with Crippen molar-refractivity contribution in [2.75, 3.05) is 18.9 Å². The first kappa shape index (κ1) is 26.1. The van der Waals surface area contributed by atoms with Gasteiger partial charge in [0.1, 0.15) is 6.61 Å². The lowest BCUT2D eigenvalue weighted by Gasteiger charge is -2.32. The fraction of sp³-hybridized carbons (Fsp3) is 0.323. The van der Waals surface area contributed by atoms with E-state index in [1.165, 1.54) is 22.3 Å². The van der Waals surface area contributed by atoms with Gasteiger partial charge in [0.15, 0.2) is 0 Å². The Bertz CT molecular complexity index is 1320. The molecule has 3 N–H and O–H groups in total. The molecule has 0 atom stereocenters. The molecule has 0 unspecified atom stereocenters. The van der Waals surface area contributed by atoms with Crippen LogP contribution < -0.4 is 11.1 Å². The number of alkyl carbamates (subject to hydrolysis) is 1. The van der Waals surface area contributed by atoms with Gasteiger partial charge >= 0.3 is 13.2 Å². The minimum absolute atomic E-state index is 0.00183. The first-order valence-corrected chi connectivity index (χ1v) is 13.1. The van der Waals surface area contributed by atoms with Crippen LogP contribution in [0.3, 0.4) is 0 Å². The maximum atomic E-state index is 12.9. The Hall–Kier alpha value is -3.55. The van der Waals surface area contributed by atoms with Gasteiger partial charge in [0.05, 0.1) is 11.2 Å². The van der Waals surface area contributed by atoms with E-state index in [1.807, 2.05) is 83.2 Å². The van der Waals surface area contributed by atoms with Gasteiger partial charge in [-0.05, 0) is 79.5 Å². The summed E-state index contributed by atoms with van der Waals surface area (Å²) in [6, 6.07) is 22.4. The monoisotopic (exact) mass is 510 g/mol. The molecule has 1 amide bonds. The van der Waals surface area contributed by atoms with Crippen molar-refractivity contribution in [2.45, 2.75) is 51.7 Å². The SMILES string of the molecule is Cc1cccc(N)c1C=C(CNC(=O)OCC1c2ccccc2-c2ccccc21)B1OC(C)(C)C(C)(C)O1. The predicted molar refractivity (Wildman–Crippen MR) is 153 cm³/mol. The quantitative estimate of drug-likeness (QED) is 0.308. The van der Waals surface area contributed by atoms with Crippen LogP contribution in [0.5, 0.6) is 0 Å². The summed E-state index contributed by atoms with van der Waals surface area (Å²) in [6.45, 7) is 10.5. The average Bonchev–Trinajstić information content (AvgIpc) is 3.31. The van der Waals surface area contributed by atoms with E-state index in [1.54, 1.807) is 0 Å². The highest BCUT2D eigenvalue weighted by Gasteiger charge is 2.52. The number of rotatable bonds is 6. The van der Waals surface area contributed by atoms with Crippen molar-refractivity contribution in [3.8, 4) is 11.1 Å². The molecule has 0 saturated carbocycles. The molecule has 0 aromatic heterocycles. The molecule has 7 heteroatoms. The standard InChI is InChI=1S/C31H35BN2O4/c1-20-11-10-16-28(33)26(20)17-21(32-37-30(2,3)31(4,5)38-32)18-34-29(35)36-19-27-24-14-8-6-12-22(24)23-13-7-9-15-25(23)27/h6-17,27H,18-19,33H2,1-5H3,(H,34,35). The predicted octanol–water partition coefficient (Wildman–Crippen LogP) is 6.13. The van der Waals surface area contributed by atoms with E-state index in [0.717, 1.165) is 16.6 Å². The van der Waals surface area contributed by atoms with Gasteiger partial charge in [0.25, 0.3) is 0 Å². The van der Waals surface area contributed by atoms with Crippen molar-refractivity contribution >= 4 is 25.0 Å². The van der Waals surface area contributed by atoms with Crippen LogP contribution in [0.15, 0.2) is 72.2 Å². The number of carbonyl (C=O) groups is 1. The number of anilines is 1. The Morgan fingerprint density at radius 2 is 1.53 bits per heavy atom. The summed E-state index contributed by atoms with van der Waals surface area (Å²) in [5, 5.41) is 2.92. The second-order valence-electron chi connectivity index (χ2n) is 11.1. The molecule has 0 radical (unpaired) electrons. The highest BCUT2D eigenvalue weighted by atomic mass is 16.7. The number of carbonyl (C=O) groups excluding carboxylic acids is 1. The molecular weight excluding hydrogens is 475 g/mol. The molecule has 5 rings (SSSR count). The van der Waals surface area contributed by atoms with Gasteiger partial charge in [-0.15, -0.1) is 0 Å². The number of ether oxygens (including phenoxy) is 1. The fourth-order valence-electron chi connectivity index (χ4n) is 5.11. The summed E-state index contributed by atoms with van der Waals surface area (Å²) in [4.78, 5) is 12.9. The first-order valence-electron chi connectivity index (χ1n) is 13.1. The number of nitrogen functional groups attached to an aromatic ring is 1. The molecule has 3 aromatic rings. The van der Waals surface area contributed by atoms with Crippen LogP contribution in [0.1, 0.15) is 55.9 Å². The average molecular weight is 510 g/mol. The molecule has 1 aliphatic carbocycles. The third-order valence-corrected chi connectivity index (χ3v) is 8.02. The summed E-state index contributed by atoms with van der Waals surface area (Å²) < 4.78 is 18.4. The Labute approximate surface area is 225 Å². The smallest absolute Gasteiger partial charge is 0.449 e. The van der Waals surface area contributed by atoms with Crippen molar-refractivity contribution in [2.24, 2.45) is 0 Å². The van der Waals surface area contributed by atoms with Crippen molar-refractivity contribution in [3.63, 3.8) is 0 Å². The second kappa shape index (κ2) is 9.97. The molecule has 0 bridgehead atoms. The number of hydrogen-bond donors (Lipinski definition) is 2. The van der Waals surface area contributed by atoms with Gasteiger partial charge in [0.2, 0.25) is 0 Å². The second-order valence-corrected chi connectivity index (χ2v) is 11.1. The highest BCUT2D eigenvalue weighted by molar-refractivity contribution is 6.56. The van der Waals surface area contributed by atoms with Crippen LogP contribution in [-0.2, 0) is 14.0 Å². The van der Waals surface area contributed by atoms with Crippen LogP contribution >= 0.6 is 0 Å². The number of aryl methyl sites for hydroxylation is 1. The van der Waals surface area contributed by atoms with E-state index in [2.05, 4.69) is 29.6 Å². The zero-order chi connectivity index (χ0) is 27.1. The highest BCUT2D eigenvalue weighted by Crippen LogP contribution is 2.44. The number of nitrogens with two attached hydrogens (primary N) is 1. The van der Waals surface area contributed by atoms with Gasteiger partial charge in [-0.25, -0.2) is 4.79 Å². The molecule has 1 fully saturated rings. The Balaban J connectivity index is 1.32. The van der Waals surface area contributed by atoms with Crippen molar-refractivity contribution < 1.29 is 18.8 Å². The maximum Gasteiger partial charge on any atom is 0.492 e. The molecule has 0 spiro atoms. The lowest BCUT2D eigenvalue weighted by atomic mass is 9.76. The summed E-state index contributed by atoms with van der Waals surface area (Å²) >= 11 is 0. The summed E-state index contributed by atoms with van der Waals surface area (Å²) in [6.07, 6.45) is 1.46. The molecule has 1 heterocycles. The largest absolute Gasteiger partial charge is 0.492 e. The zero-order valence-corrected chi connectivity index (χ0v) is 22.7. The summed E-state index contributed by atoms with van der Waals surface area (Å²) in [5.74, 6) is -0.00183. The fourth-order valence-corrected chi connectivity index (χ4v) is 5.11. The minimum atomic E-state index is -0.632. The van der Waals surface area contributed by atoms with Crippen LogP contribution in [0.2, 0.25) is 0 Å².